The Morgan fingerprint density at radius 1 is 1.15 bits per heavy atom. The third-order valence-corrected chi connectivity index (χ3v) is 8.22. The van der Waals surface area contributed by atoms with Gasteiger partial charge in [0.15, 0.2) is 0 Å². The minimum Gasteiger partial charge on any atom is -0.356 e. The lowest BCUT2D eigenvalue weighted by atomic mass is 9.91. The SMILES string of the molecule is CCC(CC)C(NC(=O)C(F)(F)F)C(=O)N1C[C@@H]2CCC[C@@H]2[C@H]1C(=O)NN(C[C@@H]1CCNC1=O)C(=O)C(F)Cl. The van der Waals surface area contributed by atoms with Crippen LogP contribution in [0.3, 0.4) is 0 Å². The highest BCUT2D eigenvalue weighted by Crippen LogP contribution is 2.43. The molecule has 6 atom stereocenters. The van der Waals surface area contributed by atoms with Gasteiger partial charge in [-0.3, -0.25) is 29.4 Å². The van der Waals surface area contributed by atoms with Gasteiger partial charge in [0.05, 0.1) is 12.5 Å². The Kier molecular flexibility index (Phi) is 10.1. The number of carbonyl (C=O) groups excluding carboxylic acids is 5. The summed E-state index contributed by atoms with van der Waals surface area (Å²) >= 11 is 5.34. The molecule has 5 amide bonds. The molecule has 2 aliphatic heterocycles. The van der Waals surface area contributed by atoms with Crippen LogP contribution in [0.1, 0.15) is 52.4 Å². The van der Waals surface area contributed by atoms with E-state index < -0.39 is 59.4 Å². The van der Waals surface area contributed by atoms with Gasteiger partial charge >= 0.3 is 12.1 Å². The fourth-order valence-corrected chi connectivity index (χ4v) is 6.08. The third-order valence-electron chi connectivity index (χ3n) is 8.04. The van der Waals surface area contributed by atoms with E-state index >= 15 is 0 Å². The number of rotatable bonds is 9. The van der Waals surface area contributed by atoms with Crippen LogP contribution in [0, 0.1) is 23.7 Å². The molecular formula is C24H34ClF4N5O5. The molecule has 0 spiro atoms. The van der Waals surface area contributed by atoms with E-state index in [-0.39, 0.29) is 30.8 Å². The molecule has 3 N–H and O–H groups in total. The maximum Gasteiger partial charge on any atom is 0.471 e. The average Bonchev–Trinajstić information content (AvgIpc) is 3.58. The van der Waals surface area contributed by atoms with Crippen LogP contribution in [-0.4, -0.2) is 83.0 Å². The lowest BCUT2D eigenvalue weighted by Gasteiger charge is -2.35. The van der Waals surface area contributed by atoms with Gasteiger partial charge in [0, 0.05) is 13.1 Å². The molecule has 0 aromatic carbocycles. The average molecular weight is 584 g/mol. The van der Waals surface area contributed by atoms with E-state index in [1.54, 1.807) is 13.8 Å². The number of amides is 5. The van der Waals surface area contributed by atoms with Gasteiger partial charge in [-0.15, -0.1) is 0 Å². The van der Waals surface area contributed by atoms with Crippen molar-refractivity contribution in [2.75, 3.05) is 19.6 Å². The van der Waals surface area contributed by atoms with Crippen LogP contribution in [0.4, 0.5) is 17.6 Å². The highest BCUT2D eigenvalue weighted by molar-refractivity contribution is 6.29. The number of alkyl halides is 5. The lowest BCUT2D eigenvalue weighted by molar-refractivity contribution is -0.175. The van der Waals surface area contributed by atoms with E-state index in [0.717, 1.165) is 6.42 Å². The van der Waals surface area contributed by atoms with Crippen LogP contribution >= 0.6 is 11.6 Å². The Balaban J connectivity index is 1.88. The quantitative estimate of drug-likeness (QED) is 0.216. The topological polar surface area (TPSA) is 128 Å². The Bertz CT molecular complexity index is 964. The molecule has 39 heavy (non-hydrogen) atoms. The maximum atomic E-state index is 13.8. The number of carbonyl (C=O) groups is 5. The number of likely N-dealkylation sites (tertiary alicyclic amines) is 1. The Labute approximate surface area is 228 Å². The number of hydrogen-bond acceptors (Lipinski definition) is 5. The first-order chi connectivity index (χ1) is 18.3. The summed E-state index contributed by atoms with van der Waals surface area (Å²) in [6.07, 6.45) is -2.28. The minimum absolute atomic E-state index is 0.0837. The van der Waals surface area contributed by atoms with Crippen LogP contribution < -0.4 is 16.1 Å². The first-order valence-electron chi connectivity index (χ1n) is 13.2. The smallest absolute Gasteiger partial charge is 0.356 e. The van der Waals surface area contributed by atoms with E-state index in [1.807, 2.05) is 5.32 Å². The van der Waals surface area contributed by atoms with Crippen molar-refractivity contribution in [3.63, 3.8) is 0 Å². The summed E-state index contributed by atoms with van der Waals surface area (Å²) in [5.74, 6) is -7.41. The van der Waals surface area contributed by atoms with Crippen LogP contribution in [0.25, 0.3) is 0 Å². The van der Waals surface area contributed by atoms with Crippen molar-refractivity contribution in [1.29, 1.82) is 0 Å². The zero-order valence-corrected chi connectivity index (χ0v) is 22.5. The van der Waals surface area contributed by atoms with Crippen LogP contribution in [0.15, 0.2) is 0 Å². The second-order valence-corrected chi connectivity index (χ2v) is 10.7. The Morgan fingerprint density at radius 2 is 1.82 bits per heavy atom. The van der Waals surface area contributed by atoms with Crippen molar-refractivity contribution in [3.8, 4) is 0 Å². The number of nitrogens with zero attached hydrogens (tertiary/aromatic N) is 2. The Hall–Kier alpha value is -2.64. The first-order valence-corrected chi connectivity index (χ1v) is 13.6. The molecule has 2 unspecified atom stereocenters. The molecule has 0 aromatic rings. The normalized spacial score (nSPS) is 26.2. The predicted molar refractivity (Wildman–Crippen MR) is 130 cm³/mol. The number of fused-ring (bicyclic) bond motifs is 1. The van der Waals surface area contributed by atoms with Crippen molar-refractivity contribution in [3.05, 3.63) is 0 Å². The molecule has 15 heteroatoms. The molecule has 0 radical (unpaired) electrons. The van der Waals surface area contributed by atoms with Crippen LogP contribution in [-0.2, 0) is 24.0 Å². The van der Waals surface area contributed by atoms with Gasteiger partial charge in [-0.25, -0.2) is 9.40 Å². The monoisotopic (exact) mass is 583 g/mol. The summed E-state index contributed by atoms with van der Waals surface area (Å²) in [4.78, 5) is 64.8. The van der Waals surface area contributed by atoms with Crippen molar-refractivity contribution < 1.29 is 41.5 Å². The molecule has 3 fully saturated rings. The van der Waals surface area contributed by atoms with Gasteiger partial charge in [-0.2, -0.15) is 13.2 Å². The zero-order chi connectivity index (χ0) is 29.1. The summed E-state index contributed by atoms with van der Waals surface area (Å²) in [7, 11) is 0. The largest absolute Gasteiger partial charge is 0.471 e. The second-order valence-electron chi connectivity index (χ2n) is 10.3. The molecule has 1 saturated carbocycles. The molecule has 0 aromatic heterocycles. The fourth-order valence-electron chi connectivity index (χ4n) is 5.96. The van der Waals surface area contributed by atoms with Crippen molar-refractivity contribution in [2.45, 2.75) is 76.3 Å². The summed E-state index contributed by atoms with van der Waals surface area (Å²) < 4.78 is 53.0. The molecular weight excluding hydrogens is 550 g/mol. The van der Waals surface area contributed by atoms with E-state index in [0.29, 0.717) is 43.7 Å². The van der Waals surface area contributed by atoms with Crippen molar-refractivity contribution in [2.24, 2.45) is 23.7 Å². The Morgan fingerprint density at radius 3 is 2.36 bits per heavy atom. The van der Waals surface area contributed by atoms with Gasteiger partial charge in [0.2, 0.25) is 11.8 Å². The van der Waals surface area contributed by atoms with E-state index in [2.05, 4.69) is 10.7 Å². The van der Waals surface area contributed by atoms with E-state index in [4.69, 9.17) is 11.6 Å². The van der Waals surface area contributed by atoms with Gasteiger partial charge in [0.1, 0.15) is 12.1 Å². The number of nitrogens with one attached hydrogen (secondary N) is 3. The molecule has 0 bridgehead atoms. The standard InChI is InChI=1S/C24H34ClF4N5O5/c1-3-12(4-2)16(31-23(39)24(27,28)29)21(37)33-10-13-6-5-7-15(13)17(33)20(36)32-34(22(38)18(25)26)11-14-8-9-30-19(14)35/h12-18H,3-11H2,1-2H3,(H,30,35)(H,31,39)(H,32,36)/t13-,14-,15-,16?,17-,18?/m0/s1. The highest BCUT2D eigenvalue weighted by atomic mass is 35.5. The maximum absolute atomic E-state index is 13.8. The summed E-state index contributed by atoms with van der Waals surface area (Å²) in [5.41, 5.74) is -0.182. The molecule has 3 aliphatic rings. The van der Waals surface area contributed by atoms with E-state index in [1.165, 1.54) is 4.90 Å². The van der Waals surface area contributed by atoms with Crippen molar-refractivity contribution >= 4 is 41.1 Å². The summed E-state index contributed by atoms with van der Waals surface area (Å²) in [6.45, 7) is 3.43. The molecule has 2 saturated heterocycles. The summed E-state index contributed by atoms with van der Waals surface area (Å²) in [6, 6.07) is -2.70. The van der Waals surface area contributed by atoms with E-state index in [9.17, 15) is 41.5 Å². The van der Waals surface area contributed by atoms with Gasteiger partial charge in [0.25, 0.3) is 17.4 Å². The van der Waals surface area contributed by atoms with Gasteiger partial charge < -0.3 is 15.5 Å². The number of hydrazine groups is 1. The molecule has 10 nitrogen and oxygen atoms in total. The number of halogens is 5. The minimum atomic E-state index is -5.21. The van der Waals surface area contributed by atoms with Gasteiger partial charge in [-0.05, 0) is 37.0 Å². The highest BCUT2D eigenvalue weighted by Gasteiger charge is 2.52. The lowest BCUT2D eigenvalue weighted by Crippen LogP contribution is -2.60. The molecule has 1 aliphatic carbocycles. The molecule has 2 heterocycles. The third kappa shape index (κ3) is 6.93. The zero-order valence-electron chi connectivity index (χ0n) is 21.7. The first kappa shape index (κ1) is 30.9. The van der Waals surface area contributed by atoms with Crippen LogP contribution in [0.2, 0.25) is 0 Å². The second kappa shape index (κ2) is 12.7. The van der Waals surface area contributed by atoms with Gasteiger partial charge in [-0.1, -0.05) is 44.7 Å². The fraction of sp³-hybridized carbons (Fsp3) is 0.792. The summed E-state index contributed by atoms with van der Waals surface area (Å²) in [5, 5.41) is 5.03. The predicted octanol–water partition coefficient (Wildman–Crippen LogP) is 1.63. The molecule has 220 valence electrons. The number of hydrogen-bond donors (Lipinski definition) is 3. The molecule has 3 rings (SSSR count). The van der Waals surface area contributed by atoms with Crippen LogP contribution in [0.5, 0.6) is 0 Å². The van der Waals surface area contributed by atoms with Crippen molar-refractivity contribution in [1.82, 2.24) is 26.0 Å².